The SMILES string of the molecule is O=C(CNC(=O)c1ccc(N2CCCCC2=O)cc1)NCCc1ccccc1. The van der Waals surface area contributed by atoms with Crippen molar-refractivity contribution in [2.45, 2.75) is 25.7 Å². The summed E-state index contributed by atoms with van der Waals surface area (Å²) < 4.78 is 0. The molecule has 0 radical (unpaired) electrons. The van der Waals surface area contributed by atoms with Crippen molar-refractivity contribution in [1.29, 1.82) is 0 Å². The van der Waals surface area contributed by atoms with Gasteiger partial charge in [-0.3, -0.25) is 14.4 Å². The van der Waals surface area contributed by atoms with Gasteiger partial charge in [-0.25, -0.2) is 0 Å². The summed E-state index contributed by atoms with van der Waals surface area (Å²) in [5.41, 5.74) is 2.42. The number of hydrogen-bond donors (Lipinski definition) is 2. The van der Waals surface area contributed by atoms with Crippen LogP contribution in [-0.4, -0.2) is 37.4 Å². The molecule has 0 spiro atoms. The number of carbonyl (C=O) groups is 3. The first-order valence-electron chi connectivity index (χ1n) is 9.63. The Bertz CT molecular complexity index is 819. The number of carbonyl (C=O) groups excluding carboxylic acids is 3. The summed E-state index contributed by atoms with van der Waals surface area (Å²) in [6, 6.07) is 16.8. The first-order chi connectivity index (χ1) is 13.6. The molecule has 1 saturated heterocycles. The summed E-state index contributed by atoms with van der Waals surface area (Å²) in [7, 11) is 0. The highest BCUT2D eigenvalue weighted by molar-refractivity contribution is 5.98. The van der Waals surface area contributed by atoms with E-state index in [0.29, 0.717) is 25.1 Å². The molecule has 1 aliphatic heterocycles. The van der Waals surface area contributed by atoms with Crippen LogP contribution in [0.5, 0.6) is 0 Å². The van der Waals surface area contributed by atoms with E-state index in [-0.39, 0.29) is 24.3 Å². The van der Waals surface area contributed by atoms with E-state index in [9.17, 15) is 14.4 Å². The smallest absolute Gasteiger partial charge is 0.251 e. The second-order valence-electron chi connectivity index (χ2n) is 6.82. The monoisotopic (exact) mass is 379 g/mol. The van der Waals surface area contributed by atoms with Crippen LogP contribution in [0.25, 0.3) is 0 Å². The Morgan fingerprint density at radius 1 is 0.929 bits per heavy atom. The minimum Gasteiger partial charge on any atom is -0.354 e. The molecule has 3 amide bonds. The van der Waals surface area contributed by atoms with E-state index < -0.39 is 0 Å². The summed E-state index contributed by atoms with van der Waals surface area (Å²) in [6.45, 7) is 1.17. The van der Waals surface area contributed by atoms with E-state index in [2.05, 4.69) is 10.6 Å². The molecule has 6 heteroatoms. The Morgan fingerprint density at radius 3 is 2.39 bits per heavy atom. The molecule has 1 heterocycles. The number of rotatable bonds is 7. The molecule has 0 unspecified atom stereocenters. The third-order valence-corrected chi connectivity index (χ3v) is 4.75. The van der Waals surface area contributed by atoms with Crippen LogP contribution in [0.1, 0.15) is 35.2 Å². The van der Waals surface area contributed by atoms with Crippen molar-refractivity contribution >= 4 is 23.4 Å². The van der Waals surface area contributed by atoms with Gasteiger partial charge in [0, 0.05) is 30.8 Å². The molecular weight excluding hydrogens is 354 g/mol. The highest BCUT2D eigenvalue weighted by atomic mass is 16.2. The topological polar surface area (TPSA) is 78.5 Å². The van der Waals surface area contributed by atoms with Crippen molar-refractivity contribution in [2.24, 2.45) is 0 Å². The molecular formula is C22H25N3O3. The van der Waals surface area contributed by atoms with Crippen molar-refractivity contribution in [1.82, 2.24) is 10.6 Å². The zero-order valence-corrected chi connectivity index (χ0v) is 15.8. The van der Waals surface area contributed by atoms with E-state index in [1.165, 1.54) is 0 Å². The van der Waals surface area contributed by atoms with Gasteiger partial charge in [0.2, 0.25) is 11.8 Å². The number of benzene rings is 2. The van der Waals surface area contributed by atoms with E-state index in [1.807, 2.05) is 30.3 Å². The fraction of sp³-hybridized carbons (Fsp3) is 0.318. The van der Waals surface area contributed by atoms with Crippen LogP contribution in [-0.2, 0) is 16.0 Å². The Balaban J connectivity index is 1.42. The number of nitrogens with one attached hydrogen (secondary N) is 2. The molecule has 0 aromatic heterocycles. The van der Waals surface area contributed by atoms with Gasteiger partial charge < -0.3 is 15.5 Å². The molecule has 2 aromatic rings. The average molecular weight is 379 g/mol. The highest BCUT2D eigenvalue weighted by Gasteiger charge is 2.19. The predicted molar refractivity (Wildman–Crippen MR) is 108 cm³/mol. The third-order valence-electron chi connectivity index (χ3n) is 4.75. The second-order valence-corrected chi connectivity index (χ2v) is 6.82. The standard InChI is InChI=1S/C22H25N3O3/c26-20(23-14-13-17-6-2-1-3-7-17)16-24-22(28)18-9-11-19(12-10-18)25-15-5-4-8-21(25)27/h1-3,6-7,9-12H,4-5,8,13-16H2,(H,23,26)(H,24,28). The number of nitrogens with zero attached hydrogens (tertiary/aromatic N) is 1. The first kappa shape index (κ1) is 19.6. The van der Waals surface area contributed by atoms with Crippen molar-refractivity contribution in [3.63, 3.8) is 0 Å². The molecule has 0 atom stereocenters. The van der Waals surface area contributed by atoms with Crippen molar-refractivity contribution < 1.29 is 14.4 Å². The lowest BCUT2D eigenvalue weighted by molar-refractivity contribution is -0.120. The summed E-state index contributed by atoms with van der Waals surface area (Å²) in [5.74, 6) is -0.412. The molecule has 6 nitrogen and oxygen atoms in total. The van der Waals surface area contributed by atoms with Crippen LogP contribution >= 0.6 is 0 Å². The van der Waals surface area contributed by atoms with E-state index in [0.717, 1.165) is 30.5 Å². The van der Waals surface area contributed by atoms with Gasteiger partial charge in [0.05, 0.1) is 6.54 Å². The van der Waals surface area contributed by atoms with Crippen LogP contribution in [0.3, 0.4) is 0 Å². The molecule has 146 valence electrons. The number of amides is 3. The van der Waals surface area contributed by atoms with Crippen LogP contribution in [0.4, 0.5) is 5.69 Å². The molecule has 3 rings (SSSR count). The predicted octanol–water partition coefficient (Wildman–Crippen LogP) is 2.29. The maximum Gasteiger partial charge on any atom is 0.251 e. The van der Waals surface area contributed by atoms with Crippen molar-refractivity contribution in [2.75, 3.05) is 24.5 Å². The van der Waals surface area contributed by atoms with Gasteiger partial charge in [-0.2, -0.15) is 0 Å². The molecule has 0 aliphatic carbocycles. The lowest BCUT2D eigenvalue weighted by Gasteiger charge is -2.26. The maximum absolute atomic E-state index is 12.2. The van der Waals surface area contributed by atoms with Crippen molar-refractivity contribution in [3.8, 4) is 0 Å². The third kappa shape index (κ3) is 5.42. The van der Waals surface area contributed by atoms with Gasteiger partial charge >= 0.3 is 0 Å². The van der Waals surface area contributed by atoms with Crippen LogP contribution in [0.15, 0.2) is 54.6 Å². The molecule has 1 fully saturated rings. The second kappa shape index (κ2) is 9.69. The van der Waals surface area contributed by atoms with Gasteiger partial charge in [-0.15, -0.1) is 0 Å². The zero-order chi connectivity index (χ0) is 19.8. The normalized spacial score (nSPS) is 13.9. The lowest BCUT2D eigenvalue weighted by Crippen LogP contribution is -2.37. The number of hydrogen-bond acceptors (Lipinski definition) is 3. The van der Waals surface area contributed by atoms with E-state index in [4.69, 9.17) is 0 Å². The first-order valence-corrected chi connectivity index (χ1v) is 9.63. The Labute approximate surface area is 164 Å². The minimum atomic E-state index is -0.310. The van der Waals surface area contributed by atoms with Crippen molar-refractivity contribution in [3.05, 3.63) is 65.7 Å². The number of piperidine rings is 1. The quantitative estimate of drug-likeness (QED) is 0.775. The Hall–Kier alpha value is -3.15. The summed E-state index contributed by atoms with van der Waals surface area (Å²) in [4.78, 5) is 37.8. The van der Waals surface area contributed by atoms with Gasteiger partial charge in [-0.1, -0.05) is 30.3 Å². The summed E-state index contributed by atoms with van der Waals surface area (Å²) >= 11 is 0. The minimum absolute atomic E-state index is 0.0695. The lowest BCUT2D eigenvalue weighted by atomic mass is 10.1. The average Bonchev–Trinajstić information content (AvgIpc) is 2.73. The molecule has 0 saturated carbocycles. The van der Waals surface area contributed by atoms with Gasteiger partial charge in [0.25, 0.3) is 5.91 Å². The van der Waals surface area contributed by atoms with Gasteiger partial charge in [-0.05, 0) is 49.1 Å². The van der Waals surface area contributed by atoms with E-state index >= 15 is 0 Å². The van der Waals surface area contributed by atoms with E-state index in [1.54, 1.807) is 29.2 Å². The highest BCUT2D eigenvalue weighted by Crippen LogP contribution is 2.21. The Morgan fingerprint density at radius 2 is 1.68 bits per heavy atom. The van der Waals surface area contributed by atoms with Crippen LogP contribution in [0, 0.1) is 0 Å². The Kier molecular flexibility index (Phi) is 6.78. The largest absolute Gasteiger partial charge is 0.354 e. The summed E-state index contributed by atoms with van der Waals surface area (Å²) in [6.07, 6.45) is 3.25. The van der Waals surface area contributed by atoms with Gasteiger partial charge in [0.15, 0.2) is 0 Å². The molecule has 2 aromatic carbocycles. The fourth-order valence-electron chi connectivity index (χ4n) is 3.19. The number of anilines is 1. The maximum atomic E-state index is 12.2. The zero-order valence-electron chi connectivity index (χ0n) is 15.8. The summed E-state index contributed by atoms with van der Waals surface area (Å²) in [5, 5.41) is 5.42. The molecule has 1 aliphatic rings. The van der Waals surface area contributed by atoms with Gasteiger partial charge in [0.1, 0.15) is 0 Å². The molecule has 28 heavy (non-hydrogen) atoms. The molecule has 0 bridgehead atoms. The fourth-order valence-corrected chi connectivity index (χ4v) is 3.19. The van der Waals surface area contributed by atoms with Crippen LogP contribution < -0.4 is 15.5 Å². The molecule has 2 N–H and O–H groups in total. The van der Waals surface area contributed by atoms with Crippen LogP contribution in [0.2, 0.25) is 0 Å².